The highest BCUT2D eigenvalue weighted by atomic mass is 16.6. The highest BCUT2D eigenvalue weighted by Crippen LogP contribution is 2.26. The molecule has 0 radical (unpaired) electrons. The number of hydrogen-bond acceptors (Lipinski definition) is 5. The number of carbonyl (C=O) groups is 2. The predicted molar refractivity (Wildman–Crippen MR) is 121 cm³/mol. The first kappa shape index (κ1) is 22.3. The summed E-state index contributed by atoms with van der Waals surface area (Å²) in [6.45, 7) is 0. The van der Waals surface area contributed by atoms with Crippen molar-refractivity contribution in [2.24, 2.45) is 0 Å². The number of non-ortho nitro benzene ring substituents is 1. The van der Waals surface area contributed by atoms with Crippen molar-refractivity contribution in [2.75, 3.05) is 31.4 Å². The fourth-order valence-electron chi connectivity index (χ4n) is 3.94. The van der Waals surface area contributed by atoms with Crippen molar-refractivity contribution >= 4 is 28.9 Å². The summed E-state index contributed by atoms with van der Waals surface area (Å²) >= 11 is 0. The van der Waals surface area contributed by atoms with Gasteiger partial charge in [-0.15, -0.1) is 0 Å². The number of nitrogens with zero attached hydrogens (tertiary/aromatic N) is 3. The Morgan fingerprint density at radius 1 is 1.00 bits per heavy atom. The van der Waals surface area contributed by atoms with Crippen LogP contribution in [0.4, 0.5) is 17.1 Å². The van der Waals surface area contributed by atoms with Crippen LogP contribution in [0.1, 0.15) is 52.8 Å². The first-order valence-corrected chi connectivity index (χ1v) is 10.4. The van der Waals surface area contributed by atoms with E-state index in [1.165, 1.54) is 18.6 Å². The smallest absolute Gasteiger partial charge is 0.270 e. The van der Waals surface area contributed by atoms with Gasteiger partial charge in [0.2, 0.25) is 0 Å². The number of nitro groups is 1. The lowest BCUT2D eigenvalue weighted by molar-refractivity contribution is -0.384. The van der Waals surface area contributed by atoms with Crippen molar-refractivity contribution in [1.29, 1.82) is 0 Å². The Morgan fingerprint density at radius 2 is 1.65 bits per heavy atom. The molecule has 1 aliphatic carbocycles. The minimum Gasteiger partial charge on any atom is -0.377 e. The number of anilines is 2. The Hall–Kier alpha value is -3.42. The van der Waals surface area contributed by atoms with E-state index in [-0.39, 0.29) is 23.2 Å². The number of benzene rings is 2. The molecule has 8 heteroatoms. The molecule has 2 amide bonds. The lowest BCUT2D eigenvalue weighted by Gasteiger charge is -2.31. The van der Waals surface area contributed by atoms with Crippen LogP contribution in [-0.2, 0) is 0 Å². The maximum absolute atomic E-state index is 12.8. The van der Waals surface area contributed by atoms with Crippen molar-refractivity contribution < 1.29 is 14.5 Å². The van der Waals surface area contributed by atoms with Gasteiger partial charge in [-0.1, -0.05) is 19.3 Å². The molecule has 0 saturated heterocycles. The predicted octanol–water partition coefficient (Wildman–Crippen LogP) is 4.32. The molecular formula is C23H28N4O4. The van der Waals surface area contributed by atoms with Crippen molar-refractivity contribution in [2.45, 2.75) is 38.1 Å². The van der Waals surface area contributed by atoms with E-state index >= 15 is 0 Å². The maximum Gasteiger partial charge on any atom is 0.270 e. The first-order chi connectivity index (χ1) is 14.8. The number of nitrogens with one attached hydrogen (secondary N) is 1. The quantitative estimate of drug-likeness (QED) is 0.550. The molecule has 1 N–H and O–H groups in total. The molecule has 0 heterocycles. The molecule has 164 valence electrons. The third-order valence-electron chi connectivity index (χ3n) is 5.75. The Labute approximate surface area is 182 Å². The Bertz CT molecular complexity index is 966. The first-order valence-electron chi connectivity index (χ1n) is 10.4. The van der Waals surface area contributed by atoms with Gasteiger partial charge in [0.1, 0.15) is 0 Å². The van der Waals surface area contributed by atoms with Crippen molar-refractivity contribution in [1.82, 2.24) is 4.90 Å². The van der Waals surface area contributed by atoms with E-state index in [2.05, 4.69) is 5.32 Å². The Kier molecular flexibility index (Phi) is 6.89. The zero-order chi connectivity index (χ0) is 22.5. The number of amides is 2. The SMILES string of the molecule is CN(C)c1ccc([N+](=O)[O-])cc1C(=O)Nc1ccc(C(=O)N(C)C2CCCCC2)cc1. The van der Waals surface area contributed by atoms with E-state index in [0.717, 1.165) is 25.7 Å². The van der Waals surface area contributed by atoms with Gasteiger partial charge in [0, 0.05) is 56.3 Å². The van der Waals surface area contributed by atoms with Gasteiger partial charge >= 0.3 is 0 Å². The summed E-state index contributed by atoms with van der Waals surface area (Å²) in [4.78, 5) is 39.7. The third kappa shape index (κ3) is 5.20. The lowest BCUT2D eigenvalue weighted by Crippen LogP contribution is -2.38. The van der Waals surface area contributed by atoms with Crippen LogP contribution in [0, 0.1) is 10.1 Å². The molecule has 1 saturated carbocycles. The van der Waals surface area contributed by atoms with Crippen LogP contribution < -0.4 is 10.2 Å². The van der Waals surface area contributed by atoms with Crippen LogP contribution in [-0.4, -0.2) is 48.8 Å². The van der Waals surface area contributed by atoms with Crippen LogP contribution in [0.2, 0.25) is 0 Å². The van der Waals surface area contributed by atoms with Crippen molar-refractivity contribution in [3.8, 4) is 0 Å². The fourth-order valence-corrected chi connectivity index (χ4v) is 3.94. The molecule has 2 aromatic carbocycles. The Morgan fingerprint density at radius 3 is 2.23 bits per heavy atom. The topological polar surface area (TPSA) is 95.8 Å². The zero-order valence-corrected chi connectivity index (χ0v) is 18.1. The average Bonchev–Trinajstić information content (AvgIpc) is 2.78. The minimum atomic E-state index is -0.528. The number of nitro benzene ring substituents is 1. The second-order valence-electron chi connectivity index (χ2n) is 8.09. The van der Waals surface area contributed by atoms with Gasteiger partial charge in [-0.2, -0.15) is 0 Å². The van der Waals surface area contributed by atoms with Gasteiger partial charge in [-0.3, -0.25) is 19.7 Å². The largest absolute Gasteiger partial charge is 0.377 e. The molecule has 1 aliphatic rings. The van der Waals surface area contributed by atoms with Crippen molar-refractivity contribution in [3.63, 3.8) is 0 Å². The summed E-state index contributed by atoms with van der Waals surface area (Å²) in [5.74, 6) is -0.482. The summed E-state index contributed by atoms with van der Waals surface area (Å²) in [6.07, 6.45) is 5.61. The number of hydrogen-bond donors (Lipinski definition) is 1. The van der Waals surface area contributed by atoms with Crippen LogP contribution in [0.25, 0.3) is 0 Å². The molecule has 3 rings (SSSR count). The van der Waals surface area contributed by atoms with E-state index in [1.807, 2.05) is 11.9 Å². The normalized spacial score (nSPS) is 14.0. The molecule has 8 nitrogen and oxygen atoms in total. The molecular weight excluding hydrogens is 396 g/mol. The standard InChI is InChI=1S/C23H28N4O4/c1-25(2)21-14-13-19(27(30)31)15-20(21)22(28)24-17-11-9-16(10-12-17)23(29)26(3)18-7-5-4-6-8-18/h9-15,18H,4-8H2,1-3H3,(H,24,28). The van der Waals surface area contributed by atoms with Gasteiger partial charge in [0.05, 0.1) is 10.5 Å². The van der Waals surface area contributed by atoms with Crippen LogP contribution >= 0.6 is 0 Å². The van der Waals surface area contributed by atoms with Crippen molar-refractivity contribution in [3.05, 3.63) is 63.7 Å². The van der Waals surface area contributed by atoms with E-state index < -0.39 is 10.8 Å². The molecule has 0 aliphatic heterocycles. The lowest BCUT2D eigenvalue weighted by atomic mass is 9.94. The molecule has 0 spiro atoms. The van der Waals surface area contributed by atoms with Gasteiger partial charge in [-0.05, 0) is 43.2 Å². The number of rotatable bonds is 6. The molecule has 0 aromatic heterocycles. The summed E-state index contributed by atoms with van der Waals surface area (Å²) in [5, 5.41) is 13.9. The molecule has 1 fully saturated rings. The second kappa shape index (κ2) is 9.59. The van der Waals surface area contributed by atoms with E-state index in [1.54, 1.807) is 49.3 Å². The second-order valence-corrected chi connectivity index (χ2v) is 8.09. The van der Waals surface area contributed by atoms with Gasteiger partial charge in [0.15, 0.2) is 0 Å². The van der Waals surface area contributed by atoms with Gasteiger partial charge < -0.3 is 15.1 Å². The molecule has 31 heavy (non-hydrogen) atoms. The highest BCUT2D eigenvalue weighted by molar-refractivity contribution is 6.08. The molecule has 0 unspecified atom stereocenters. The summed E-state index contributed by atoms with van der Waals surface area (Å²) in [7, 11) is 5.38. The van der Waals surface area contributed by atoms with E-state index in [9.17, 15) is 19.7 Å². The third-order valence-corrected chi connectivity index (χ3v) is 5.75. The van der Waals surface area contributed by atoms with Gasteiger partial charge in [-0.25, -0.2) is 0 Å². The summed E-state index contributed by atoms with van der Waals surface area (Å²) < 4.78 is 0. The summed E-state index contributed by atoms with van der Waals surface area (Å²) in [6, 6.07) is 11.2. The fraction of sp³-hybridized carbons (Fsp3) is 0.391. The minimum absolute atomic E-state index is 0.0293. The zero-order valence-electron chi connectivity index (χ0n) is 18.1. The Balaban J connectivity index is 1.74. The summed E-state index contributed by atoms with van der Waals surface area (Å²) in [5.41, 5.74) is 1.70. The maximum atomic E-state index is 12.8. The molecule has 2 aromatic rings. The highest BCUT2D eigenvalue weighted by Gasteiger charge is 2.23. The molecule has 0 bridgehead atoms. The number of carbonyl (C=O) groups excluding carboxylic acids is 2. The average molecular weight is 425 g/mol. The van der Waals surface area contributed by atoms with Crippen LogP contribution in [0.15, 0.2) is 42.5 Å². The van der Waals surface area contributed by atoms with E-state index in [0.29, 0.717) is 16.9 Å². The van der Waals surface area contributed by atoms with Crippen LogP contribution in [0.5, 0.6) is 0 Å². The molecule has 0 atom stereocenters. The van der Waals surface area contributed by atoms with E-state index in [4.69, 9.17) is 0 Å². The monoisotopic (exact) mass is 424 g/mol. The van der Waals surface area contributed by atoms with Crippen LogP contribution in [0.3, 0.4) is 0 Å². The van der Waals surface area contributed by atoms with Gasteiger partial charge in [0.25, 0.3) is 17.5 Å².